The molecule has 0 spiro atoms. The Bertz CT molecular complexity index is 708. The van der Waals surface area contributed by atoms with E-state index >= 15 is 0 Å². The van der Waals surface area contributed by atoms with Crippen LogP contribution in [0.1, 0.15) is 42.0 Å². The lowest BCUT2D eigenvalue weighted by molar-refractivity contribution is -0.137. The summed E-state index contributed by atoms with van der Waals surface area (Å²) in [6, 6.07) is 5.70. The maximum atomic E-state index is 12.9. The van der Waals surface area contributed by atoms with Gasteiger partial charge in [0.2, 0.25) is 0 Å². The SMILES string of the molecule is CCn1c(C)nnc1CN1CC[C@@H](c2cccc(C(F)(F)F)c2)C1. The Balaban J connectivity index is 1.69. The van der Waals surface area contributed by atoms with Crippen LogP contribution >= 0.6 is 0 Å². The van der Waals surface area contributed by atoms with Crippen LogP contribution in [0, 0.1) is 6.92 Å². The number of rotatable bonds is 4. The predicted molar refractivity (Wildman–Crippen MR) is 84.5 cm³/mol. The van der Waals surface area contributed by atoms with Crippen molar-refractivity contribution in [2.75, 3.05) is 13.1 Å². The molecule has 2 aromatic rings. The molecule has 7 heteroatoms. The van der Waals surface area contributed by atoms with Crippen LogP contribution in [0.25, 0.3) is 0 Å². The minimum Gasteiger partial charge on any atom is -0.314 e. The van der Waals surface area contributed by atoms with Crippen LogP contribution < -0.4 is 0 Å². The number of likely N-dealkylation sites (tertiary alicyclic amines) is 1. The molecule has 0 radical (unpaired) electrons. The van der Waals surface area contributed by atoms with Gasteiger partial charge >= 0.3 is 6.18 Å². The Morgan fingerprint density at radius 3 is 2.75 bits per heavy atom. The van der Waals surface area contributed by atoms with Crippen molar-refractivity contribution in [1.29, 1.82) is 0 Å². The summed E-state index contributed by atoms with van der Waals surface area (Å²) in [5, 5.41) is 8.32. The summed E-state index contributed by atoms with van der Waals surface area (Å²) in [7, 11) is 0. The van der Waals surface area contributed by atoms with Crippen LogP contribution in [0.3, 0.4) is 0 Å². The fraction of sp³-hybridized carbons (Fsp3) is 0.529. The van der Waals surface area contributed by atoms with Gasteiger partial charge in [0.05, 0.1) is 12.1 Å². The highest BCUT2D eigenvalue weighted by Gasteiger charge is 2.32. The van der Waals surface area contributed by atoms with Gasteiger partial charge in [0.15, 0.2) is 0 Å². The first-order valence-electron chi connectivity index (χ1n) is 8.16. The van der Waals surface area contributed by atoms with E-state index in [4.69, 9.17) is 0 Å². The molecule has 130 valence electrons. The molecule has 3 rings (SSSR count). The third-order valence-electron chi connectivity index (χ3n) is 4.65. The molecule has 1 aromatic heterocycles. The fourth-order valence-corrected chi connectivity index (χ4v) is 3.37. The average molecular weight is 338 g/mol. The second kappa shape index (κ2) is 6.55. The first kappa shape index (κ1) is 17.0. The van der Waals surface area contributed by atoms with E-state index in [1.807, 2.05) is 6.92 Å². The molecule has 2 heterocycles. The van der Waals surface area contributed by atoms with Gasteiger partial charge in [-0.2, -0.15) is 13.2 Å². The van der Waals surface area contributed by atoms with Crippen molar-refractivity contribution in [3.63, 3.8) is 0 Å². The Hall–Kier alpha value is -1.89. The molecular weight excluding hydrogens is 317 g/mol. The standard InChI is InChI=1S/C17H21F3N4/c1-3-24-12(2)21-22-16(24)11-23-8-7-14(10-23)13-5-4-6-15(9-13)17(18,19)20/h4-6,9,14H,3,7-8,10-11H2,1-2H3/t14-/m1/s1. The molecule has 1 atom stereocenters. The molecule has 0 aliphatic carbocycles. The summed E-state index contributed by atoms with van der Waals surface area (Å²) in [6.45, 7) is 7.08. The van der Waals surface area contributed by atoms with E-state index < -0.39 is 11.7 Å². The van der Waals surface area contributed by atoms with Crippen LogP contribution in [-0.4, -0.2) is 32.8 Å². The molecule has 0 N–H and O–H groups in total. The highest BCUT2D eigenvalue weighted by atomic mass is 19.4. The Morgan fingerprint density at radius 1 is 1.25 bits per heavy atom. The lowest BCUT2D eigenvalue weighted by atomic mass is 9.96. The molecule has 0 amide bonds. The van der Waals surface area contributed by atoms with Gasteiger partial charge in [0, 0.05) is 13.1 Å². The monoisotopic (exact) mass is 338 g/mol. The first-order chi connectivity index (χ1) is 11.4. The van der Waals surface area contributed by atoms with Crippen LogP contribution in [0.4, 0.5) is 13.2 Å². The maximum Gasteiger partial charge on any atom is 0.416 e. The summed E-state index contributed by atoms with van der Waals surface area (Å²) in [4.78, 5) is 2.24. The van der Waals surface area contributed by atoms with Crippen LogP contribution in [-0.2, 0) is 19.3 Å². The third-order valence-corrected chi connectivity index (χ3v) is 4.65. The van der Waals surface area contributed by atoms with Crippen LogP contribution in [0.15, 0.2) is 24.3 Å². The van der Waals surface area contributed by atoms with Crippen molar-refractivity contribution >= 4 is 0 Å². The largest absolute Gasteiger partial charge is 0.416 e. The summed E-state index contributed by atoms with van der Waals surface area (Å²) in [5.41, 5.74) is 0.195. The predicted octanol–water partition coefficient (Wildman–Crippen LogP) is 3.61. The molecular formula is C17H21F3N4. The van der Waals surface area contributed by atoms with Crippen molar-refractivity contribution in [2.24, 2.45) is 0 Å². The van der Waals surface area contributed by atoms with Crippen molar-refractivity contribution in [2.45, 2.75) is 45.5 Å². The average Bonchev–Trinajstić information content (AvgIpc) is 3.14. The number of halogens is 3. The van der Waals surface area contributed by atoms with E-state index in [1.54, 1.807) is 6.07 Å². The summed E-state index contributed by atoms with van der Waals surface area (Å²) < 4.78 is 40.7. The Labute approximate surface area is 139 Å². The molecule has 4 nitrogen and oxygen atoms in total. The van der Waals surface area contributed by atoms with Crippen molar-refractivity contribution in [3.8, 4) is 0 Å². The van der Waals surface area contributed by atoms with Crippen molar-refractivity contribution < 1.29 is 13.2 Å². The van der Waals surface area contributed by atoms with E-state index in [0.29, 0.717) is 6.54 Å². The van der Waals surface area contributed by atoms with Gasteiger partial charge < -0.3 is 4.57 Å². The van der Waals surface area contributed by atoms with E-state index in [0.717, 1.165) is 49.3 Å². The molecule has 0 saturated carbocycles. The molecule has 0 bridgehead atoms. The smallest absolute Gasteiger partial charge is 0.314 e. The normalized spacial score (nSPS) is 19.1. The van der Waals surface area contributed by atoms with Crippen LogP contribution in [0.2, 0.25) is 0 Å². The molecule has 0 unspecified atom stereocenters. The van der Waals surface area contributed by atoms with Gasteiger partial charge in [-0.05, 0) is 44.4 Å². The van der Waals surface area contributed by atoms with Crippen LogP contribution in [0.5, 0.6) is 0 Å². The Kier molecular flexibility index (Phi) is 4.62. The number of benzene rings is 1. The van der Waals surface area contributed by atoms with E-state index in [9.17, 15) is 13.2 Å². The van der Waals surface area contributed by atoms with Gasteiger partial charge in [-0.15, -0.1) is 10.2 Å². The van der Waals surface area contributed by atoms with Gasteiger partial charge in [0.1, 0.15) is 11.6 Å². The second-order valence-corrected chi connectivity index (χ2v) is 6.25. The number of hydrogen-bond donors (Lipinski definition) is 0. The fourth-order valence-electron chi connectivity index (χ4n) is 3.37. The summed E-state index contributed by atoms with van der Waals surface area (Å²) in [5.74, 6) is 1.94. The van der Waals surface area contributed by atoms with E-state index in [1.165, 1.54) is 12.1 Å². The number of hydrogen-bond acceptors (Lipinski definition) is 3. The highest BCUT2D eigenvalue weighted by molar-refractivity contribution is 5.29. The number of alkyl halides is 3. The lowest BCUT2D eigenvalue weighted by Crippen LogP contribution is -2.22. The zero-order chi connectivity index (χ0) is 17.3. The summed E-state index contributed by atoms with van der Waals surface area (Å²) in [6.07, 6.45) is -3.43. The van der Waals surface area contributed by atoms with Gasteiger partial charge in [-0.1, -0.05) is 18.2 Å². The molecule has 24 heavy (non-hydrogen) atoms. The highest BCUT2D eigenvalue weighted by Crippen LogP contribution is 2.34. The first-order valence-corrected chi connectivity index (χ1v) is 8.16. The zero-order valence-electron chi connectivity index (χ0n) is 13.8. The Morgan fingerprint density at radius 2 is 2.04 bits per heavy atom. The number of aromatic nitrogens is 3. The minimum atomic E-state index is -4.29. The van der Waals surface area contributed by atoms with Crippen molar-refractivity contribution in [3.05, 3.63) is 47.0 Å². The van der Waals surface area contributed by atoms with E-state index in [-0.39, 0.29) is 5.92 Å². The quantitative estimate of drug-likeness (QED) is 0.854. The summed E-state index contributed by atoms with van der Waals surface area (Å²) >= 11 is 0. The molecule has 1 aliphatic heterocycles. The van der Waals surface area contributed by atoms with Gasteiger partial charge in [-0.3, -0.25) is 4.90 Å². The topological polar surface area (TPSA) is 34.0 Å². The molecule has 1 aromatic carbocycles. The number of nitrogens with zero attached hydrogens (tertiary/aromatic N) is 4. The van der Waals surface area contributed by atoms with Gasteiger partial charge in [-0.25, -0.2) is 0 Å². The third kappa shape index (κ3) is 3.45. The minimum absolute atomic E-state index is 0.131. The van der Waals surface area contributed by atoms with E-state index in [2.05, 4.69) is 26.6 Å². The lowest BCUT2D eigenvalue weighted by Gasteiger charge is -2.17. The molecule has 1 saturated heterocycles. The molecule has 1 fully saturated rings. The molecule has 1 aliphatic rings. The second-order valence-electron chi connectivity index (χ2n) is 6.25. The van der Waals surface area contributed by atoms with Crippen molar-refractivity contribution in [1.82, 2.24) is 19.7 Å². The maximum absolute atomic E-state index is 12.9. The zero-order valence-corrected chi connectivity index (χ0v) is 13.8. The number of aryl methyl sites for hydroxylation is 1. The van der Waals surface area contributed by atoms with Gasteiger partial charge in [0.25, 0.3) is 0 Å².